The molecule has 0 saturated carbocycles. The van der Waals surface area contributed by atoms with Gasteiger partial charge in [0.15, 0.2) is 5.82 Å². The molecule has 1 amide bonds. The molecule has 1 aromatic carbocycles. The van der Waals surface area contributed by atoms with E-state index >= 15 is 0 Å². The fraction of sp³-hybridized carbons (Fsp3) is 0.400. The summed E-state index contributed by atoms with van der Waals surface area (Å²) in [5.41, 5.74) is 2.19. The third-order valence-corrected chi connectivity index (χ3v) is 3.60. The number of aromatic nitrogens is 2. The number of benzene rings is 1. The standard InChI is InChI=1S/C15H17N3O3/c1-11-2-4-12(5-3-11)8-14(19)18-6-7-20-9-13(18)15-16-10-21-17-15/h2-5,10,13H,6-9H2,1H3/t13-/m1/s1. The van der Waals surface area contributed by atoms with Gasteiger partial charge in [-0.15, -0.1) is 0 Å². The van der Waals surface area contributed by atoms with Gasteiger partial charge in [0.1, 0.15) is 6.04 Å². The van der Waals surface area contributed by atoms with E-state index in [1.54, 1.807) is 4.90 Å². The fourth-order valence-corrected chi connectivity index (χ4v) is 2.42. The molecule has 1 fully saturated rings. The third-order valence-electron chi connectivity index (χ3n) is 3.60. The molecule has 1 atom stereocenters. The Bertz CT molecular complexity index is 595. The predicted molar refractivity (Wildman–Crippen MR) is 74.5 cm³/mol. The van der Waals surface area contributed by atoms with Gasteiger partial charge in [0.2, 0.25) is 12.3 Å². The minimum Gasteiger partial charge on any atom is -0.377 e. The van der Waals surface area contributed by atoms with Crippen molar-refractivity contribution in [3.63, 3.8) is 0 Å². The number of aryl methyl sites for hydroxylation is 1. The maximum absolute atomic E-state index is 12.5. The zero-order chi connectivity index (χ0) is 14.7. The Morgan fingerprint density at radius 2 is 2.19 bits per heavy atom. The van der Waals surface area contributed by atoms with Crippen LogP contribution in [0.2, 0.25) is 0 Å². The molecule has 0 N–H and O–H groups in total. The molecule has 0 spiro atoms. The van der Waals surface area contributed by atoms with Crippen LogP contribution in [0.5, 0.6) is 0 Å². The van der Waals surface area contributed by atoms with Crippen LogP contribution in [0.25, 0.3) is 0 Å². The van der Waals surface area contributed by atoms with E-state index < -0.39 is 0 Å². The first-order valence-electron chi connectivity index (χ1n) is 6.93. The quantitative estimate of drug-likeness (QED) is 0.856. The maximum atomic E-state index is 12.5. The van der Waals surface area contributed by atoms with E-state index in [2.05, 4.69) is 10.1 Å². The maximum Gasteiger partial charge on any atom is 0.227 e. The lowest BCUT2D eigenvalue weighted by molar-refractivity contribution is -0.139. The van der Waals surface area contributed by atoms with Crippen LogP contribution in [-0.2, 0) is 16.0 Å². The highest BCUT2D eigenvalue weighted by Gasteiger charge is 2.31. The third kappa shape index (κ3) is 3.11. The fourth-order valence-electron chi connectivity index (χ4n) is 2.42. The number of amides is 1. The molecule has 0 unspecified atom stereocenters. The number of morpholine rings is 1. The van der Waals surface area contributed by atoms with Gasteiger partial charge in [-0.05, 0) is 12.5 Å². The molecular weight excluding hydrogens is 270 g/mol. The van der Waals surface area contributed by atoms with E-state index in [1.165, 1.54) is 12.0 Å². The van der Waals surface area contributed by atoms with E-state index in [-0.39, 0.29) is 11.9 Å². The highest BCUT2D eigenvalue weighted by Crippen LogP contribution is 2.22. The molecule has 1 saturated heterocycles. The Morgan fingerprint density at radius 3 is 2.90 bits per heavy atom. The van der Waals surface area contributed by atoms with Crippen LogP contribution in [0.1, 0.15) is 23.0 Å². The molecule has 21 heavy (non-hydrogen) atoms. The minimum atomic E-state index is -0.268. The first-order valence-corrected chi connectivity index (χ1v) is 6.93. The van der Waals surface area contributed by atoms with Gasteiger partial charge >= 0.3 is 0 Å². The molecule has 0 radical (unpaired) electrons. The first-order chi connectivity index (χ1) is 10.2. The lowest BCUT2D eigenvalue weighted by atomic mass is 10.1. The lowest BCUT2D eigenvalue weighted by Gasteiger charge is -2.33. The molecule has 2 aromatic rings. The second-order valence-corrected chi connectivity index (χ2v) is 5.13. The van der Waals surface area contributed by atoms with Crippen LogP contribution in [0.15, 0.2) is 35.2 Å². The number of hydrogen-bond acceptors (Lipinski definition) is 5. The molecule has 0 aliphatic carbocycles. The smallest absolute Gasteiger partial charge is 0.227 e. The van der Waals surface area contributed by atoms with Crippen molar-refractivity contribution in [3.8, 4) is 0 Å². The highest BCUT2D eigenvalue weighted by atomic mass is 16.5. The van der Waals surface area contributed by atoms with Crippen LogP contribution in [0.3, 0.4) is 0 Å². The molecule has 2 heterocycles. The summed E-state index contributed by atoms with van der Waals surface area (Å²) in [6, 6.07) is 7.72. The summed E-state index contributed by atoms with van der Waals surface area (Å²) in [7, 11) is 0. The topological polar surface area (TPSA) is 68.5 Å². The average molecular weight is 287 g/mol. The van der Waals surface area contributed by atoms with E-state index in [1.807, 2.05) is 31.2 Å². The number of carbonyl (C=O) groups excluding carboxylic acids is 1. The average Bonchev–Trinajstić information content (AvgIpc) is 3.04. The summed E-state index contributed by atoms with van der Waals surface area (Å²) in [5, 5.41) is 3.83. The molecular formula is C15H17N3O3. The summed E-state index contributed by atoms with van der Waals surface area (Å²) in [6.45, 7) is 3.51. The second kappa shape index (κ2) is 6.05. The minimum absolute atomic E-state index is 0.0527. The largest absolute Gasteiger partial charge is 0.377 e. The number of nitrogens with zero attached hydrogens (tertiary/aromatic N) is 3. The summed E-state index contributed by atoms with van der Waals surface area (Å²) >= 11 is 0. The van der Waals surface area contributed by atoms with Gasteiger partial charge < -0.3 is 14.2 Å². The van der Waals surface area contributed by atoms with Crippen molar-refractivity contribution in [2.75, 3.05) is 19.8 Å². The summed E-state index contributed by atoms with van der Waals surface area (Å²) in [4.78, 5) is 18.4. The zero-order valence-electron chi connectivity index (χ0n) is 11.9. The molecule has 6 heteroatoms. The van der Waals surface area contributed by atoms with Gasteiger partial charge in [0.05, 0.1) is 19.6 Å². The lowest BCUT2D eigenvalue weighted by Crippen LogP contribution is -2.44. The van der Waals surface area contributed by atoms with Crippen molar-refractivity contribution in [2.24, 2.45) is 0 Å². The molecule has 0 bridgehead atoms. The number of rotatable bonds is 3. The second-order valence-electron chi connectivity index (χ2n) is 5.13. The van der Waals surface area contributed by atoms with Gasteiger partial charge in [0, 0.05) is 6.54 Å². The Labute approximate surface area is 122 Å². The van der Waals surface area contributed by atoms with Crippen molar-refractivity contribution in [1.82, 2.24) is 15.0 Å². The zero-order valence-corrected chi connectivity index (χ0v) is 11.9. The van der Waals surface area contributed by atoms with Crippen LogP contribution in [-0.4, -0.2) is 40.7 Å². The van der Waals surface area contributed by atoms with E-state index in [0.717, 1.165) is 5.56 Å². The van der Waals surface area contributed by atoms with Gasteiger partial charge in [0.25, 0.3) is 0 Å². The van der Waals surface area contributed by atoms with Gasteiger partial charge in [-0.25, -0.2) is 0 Å². The first kappa shape index (κ1) is 13.8. The SMILES string of the molecule is Cc1ccc(CC(=O)N2CCOC[C@@H]2c2ncon2)cc1. The molecule has 110 valence electrons. The predicted octanol–water partition coefficient (Wildman–Crippen LogP) is 1.52. The molecule has 1 aromatic heterocycles. The summed E-state index contributed by atoms with van der Waals surface area (Å²) in [5.74, 6) is 0.545. The Morgan fingerprint density at radius 1 is 1.38 bits per heavy atom. The molecule has 1 aliphatic rings. The normalized spacial score (nSPS) is 18.7. The molecule has 3 rings (SSSR count). The van der Waals surface area contributed by atoms with Gasteiger partial charge in [-0.2, -0.15) is 4.98 Å². The summed E-state index contributed by atoms with van der Waals surface area (Å²) in [6.07, 6.45) is 1.64. The highest BCUT2D eigenvalue weighted by molar-refractivity contribution is 5.79. The van der Waals surface area contributed by atoms with Crippen LogP contribution in [0, 0.1) is 6.92 Å². The van der Waals surface area contributed by atoms with Crippen molar-refractivity contribution < 1.29 is 14.1 Å². The molecule has 6 nitrogen and oxygen atoms in total. The number of carbonyl (C=O) groups is 1. The number of hydrogen-bond donors (Lipinski definition) is 0. The van der Waals surface area contributed by atoms with Crippen molar-refractivity contribution in [3.05, 3.63) is 47.6 Å². The monoisotopic (exact) mass is 287 g/mol. The Kier molecular flexibility index (Phi) is 3.96. The van der Waals surface area contributed by atoms with E-state index in [0.29, 0.717) is 32.0 Å². The number of ether oxygens (including phenoxy) is 1. The van der Waals surface area contributed by atoms with E-state index in [9.17, 15) is 4.79 Å². The van der Waals surface area contributed by atoms with Crippen molar-refractivity contribution in [1.29, 1.82) is 0 Å². The van der Waals surface area contributed by atoms with Crippen LogP contribution in [0.4, 0.5) is 0 Å². The Balaban J connectivity index is 1.73. The van der Waals surface area contributed by atoms with Gasteiger partial charge in [-0.3, -0.25) is 4.79 Å². The van der Waals surface area contributed by atoms with Crippen LogP contribution < -0.4 is 0 Å². The van der Waals surface area contributed by atoms with Gasteiger partial charge in [-0.1, -0.05) is 35.0 Å². The molecule has 1 aliphatic heterocycles. The van der Waals surface area contributed by atoms with Crippen molar-refractivity contribution in [2.45, 2.75) is 19.4 Å². The summed E-state index contributed by atoms with van der Waals surface area (Å²) < 4.78 is 10.2. The van der Waals surface area contributed by atoms with Crippen molar-refractivity contribution >= 4 is 5.91 Å². The van der Waals surface area contributed by atoms with E-state index in [4.69, 9.17) is 9.26 Å². The van der Waals surface area contributed by atoms with Crippen LogP contribution >= 0.6 is 0 Å². The Hall–Kier alpha value is -2.21.